The highest BCUT2D eigenvalue weighted by molar-refractivity contribution is 6.02. The minimum atomic E-state index is -0.310. The zero-order chi connectivity index (χ0) is 26.4. The third kappa shape index (κ3) is 6.81. The van der Waals surface area contributed by atoms with Gasteiger partial charge in [0.25, 0.3) is 0 Å². The zero-order valence-corrected chi connectivity index (χ0v) is 21.8. The number of benzene rings is 2. The summed E-state index contributed by atoms with van der Waals surface area (Å²) in [6, 6.07) is 5.63. The molecular formula is C31H38O5. The van der Waals surface area contributed by atoms with Crippen LogP contribution in [0.1, 0.15) is 92.8 Å². The van der Waals surface area contributed by atoms with Gasteiger partial charge in [-0.3, -0.25) is 4.79 Å². The fourth-order valence-corrected chi connectivity index (χ4v) is 4.87. The van der Waals surface area contributed by atoms with Crippen LogP contribution < -0.4 is 0 Å². The van der Waals surface area contributed by atoms with Gasteiger partial charge in [-0.25, -0.2) is 0 Å². The van der Waals surface area contributed by atoms with Gasteiger partial charge in [-0.1, -0.05) is 41.0 Å². The van der Waals surface area contributed by atoms with Crippen LogP contribution in [0.15, 0.2) is 59.2 Å². The van der Waals surface area contributed by atoms with E-state index in [9.17, 15) is 25.2 Å². The lowest BCUT2D eigenvalue weighted by Gasteiger charge is -2.27. The van der Waals surface area contributed by atoms with Gasteiger partial charge in [0.1, 0.15) is 23.0 Å². The van der Waals surface area contributed by atoms with E-state index in [1.165, 1.54) is 34.9 Å². The molecule has 2 aromatic carbocycles. The van der Waals surface area contributed by atoms with E-state index in [2.05, 4.69) is 45.9 Å². The lowest BCUT2D eigenvalue weighted by molar-refractivity contribution is 0.0960. The summed E-state index contributed by atoms with van der Waals surface area (Å²) in [5.41, 5.74) is 6.01. The van der Waals surface area contributed by atoms with E-state index in [0.29, 0.717) is 29.5 Å². The summed E-state index contributed by atoms with van der Waals surface area (Å²) in [5, 5.41) is 41.1. The van der Waals surface area contributed by atoms with Gasteiger partial charge in [-0.2, -0.15) is 0 Å². The van der Waals surface area contributed by atoms with Crippen LogP contribution in [0.5, 0.6) is 23.0 Å². The van der Waals surface area contributed by atoms with Crippen molar-refractivity contribution >= 4 is 5.78 Å². The van der Waals surface area contributed by atoms with Crippen molar-refractivity contribution in [1.82, 2.24) is 0 Å². The molecule has 5 heteroatoms. The van der Waals surface area contributed by atoms with Gasteiger partial charge in [0, 0.05) is 24.1 Å². The molecule has 0 unspecified atom stereocenters. The van der Waals surface area contributed by atoms with Crippen LogP contribution in [0.25, 0.3) is 0 Å². The molecule has 5 nitrogen and oxygen atoms in total. The zero-order valence-electron chi connectivity index (χ0n) is 21.8. The van der Waals surface area contributed by atoms with E-state index in [4.69, 9.17) is 0 Å². The maximum absolute atomic E-state index is 13.0. The molecule has 0 spiro atoms. The predicted octanol–water partition coefficient (Wildman–Crippen LogP) is 7.38. The summed E-state index contributed by atoms with van der Waals surface area (Å²) in [7, 11) is 0. The van der Waals surface area contributed by atoms with E-state index in [1.54, 1.807) is 6.07 Å². The quantitative estimate of drug-likeness (QED) is 0.275. The third-order valence-electron chi connectivity index (χ3n) is 6.90. The summed E-state index contributed by atoms with van der Waals surface area (Å²) in [4.78, 5) is 13.0. The van der Waals surface area contributed by atoms with Crippen LogP contribution in [0, 0.1) is 0 Å². The van der Waals surface area contributed by atoms with Crippen molar-refractivity contribution in [3.8, 4) is 23.0 Å². The molecule has 1 aliphatic rings. The molecule has 3 rings (SSSR count). The molecule has 36 heavy (non-hydrogen) atoms. The summed E-state index contributed by atoms with van der Waals surface area (Å²) in [5.74, 6) is -0.889. The van der Waals surface area contributed by atoms with E-state index in [-0.39, 0.29) is 46.7 Å². The molecular weight excluding hydrogens is 452 g/mol. The average Bonchev–Trinajstić information content (AvgIpc) is 2.78. The Morgan fingerprint density at radius 3 is 2.17 bits per heavy atom. The highest BCUT2D eigenvalue weighted by atomic mass is 16.3. The first-order chi connectivity index (χ1) is 17.1. The number of Topliss-reactive ketones (excluding diaryl/α,β-unsaturated/α-hetero) is 1. The van der Waals surface area contributed by atoms with Crippen LogP contribution in [-0.2, 0) is 12.8 Å². The van der Waals surface area contributed by atoms with Crippen molar-refractivity contribution in [3.05, 3.63) is 81.5 Å². The second kappa shape index (κ2) is 12.0. The Bertz CT molecular complexity index is 1210. The molecule has 1 atom stereocenters. The van der Waals surface area contributed by atoms with Gasteiger partial charge in [-0.05, 0) is 89.3 Å². The Labute approximate surface area is 214 Å². The number of carbonyl (C=O) groups is 1. The summed E-state index contributed by atoms with van der Waals surface area (Å²) >= 11 is 0. The molecule has 0 aromatic heterocycles. The van der Waals surface area contributed by atoms with Gasteiger partial charge >= 0.3 is 0 Å². The lowest BCUT2D eigenvalue weighted by Crippen LogP contribution is -2.20. The first-order valence-corrected chi connectivity index (χ1v) is 12.6. The maximum atomic E-state index is 13.0. The van der Waals surface area contributed by atoms with E-state index >= 15 is 0 Å². The topological polar surface area (TPSA) is 98.0 Å². The smallest absolute Gasteiger partial charge is 0.167 e. The highest BCUT2D eigenvalue weighted by Crippen LogP contribution is 2.44. The number of aromatic hydroxyl groups is 4. The van der Waals surface area contributed by atoms with E-state index < -0.39 is 0 Å². The number of fused-ring (bicyclic) bond motifs is 1. The summed E-state index contributed by atoms with van der Waals surface area (Å²) < 4.78 is 0. The van der Waals surface area contributed by atoms with Gasteiger partial charge in [0.05, 0.1) is 5.56 Å². The van der Waals surface area contributed by atoms with Crippen molar-refractivity contribution in [1.29, 1.82) is 0 Å². The fraction of sp³-hybridized carbons (Fsp3) is 0.387. The van der Waals surface area contributed by atoms with Gasteiger partial charge in [0.15, 0.2) is 5.78 Å². The Kier molecular flexibility index (Phi) is 9.03. The van der Waals surface area contributed by atoms with Crippen LogP contribution in [0.3, 0.4) is 0 Å². The Morgan fingerprint density at radius 1 is 0.833 bits per heavy atom. The first-order valence-electron chi connectivity index (χ1n) is 12.6. The molecule has 0 radical (unpaired) electrons. The molecule has 1 aliphatic carbocycles. The molecule has 0 bridgehead atoms. The van der Waals surface area contributed by atoms with Crippen molar-refractivity contribution in [2.45, 2.75) is 78.6 Å². The summed E-state index contributed by atoms with van der Waals surface area (Å²) in [6.07, 6.45) is 11.6. The average molecular weight is 491 g/mol. The molecule has 0 aliphatic heterocycles. The van der Waals surface area contributed by atoms with Crippen molar-refractivity contribution in [2.75, 3.05) is 0 Å². The fourth-order valence-electron chi connectivity index (χ4n) is 4.87. The Morgan fingerprint density at radius 2 is 1.50 bits per heavy atom. The van der Waals surface area contributed by atoms with Crippen LogP contribution >= 0.6 is 0 Å². The number of phenolic OH excluding ortho intramolecular Hbond substituents is 4. The molecule has 4 N–H and O–H groups in total. The van der Waals surface area contributed by atoms with Crippen molar-refractivity contribution in [3.63, 3.8) is 0 Å². The molecule has 0 heterocycles. The third-order valence-corrected chi connectivity index (χ3v) is 6.90. The van der Waals surface area contributed by atoms with Gasteiger partial charge in [-0.15, -0.1) is 0 Å². The minimum absolute atomic E-state index is 0.0336. The molecule has 2 aromatic rings. The van der Waals surface area contributed by atoms with Gasteiger partial charge < -0.3 is 20.4 Å². The number of rotatable bonds is 9. The van der Waals surface area contributed by atoms with Crippen LogP contribution in [0.4, 0.5) is 0 Å². The molecule has 0 fully saturated rings. The molecule has 0 saturated carbocycles. The number of hydrogen-bond acceptors (Lipinski definition) is 5. The normalized spacial score (nSPS) is 16.1. The number of hydrogen-bond donors (Lipinski definition) is 4. The van der Waals surface area contributed by atoms with Crippen molar-refractivity contribution in [2.24, 2.45) is 0 Å². The van der Waals surface area contributed by atoms with Crippen LogP contribution in [-0.4, -0.2) is 26.2 Å². The number of carbonyl (C=O) groups excluding carboxylic acids is 1. The van der Waals surface area contributed by atoms with Crippen LogP contribution in [0.2, 0.25) is 0 Å². The molecule has 0 amide bonds. The highest BCUT2D eigenvalue weighted by Gasteiger charge is 2.32. The first kappa shape index (κ1) is 27.1. The predicted molar refractivity (Wildman–Crippen MR) is 144 cm³/mol. The standard InChI is InChI=1S/C31H38O5/c1-19(2)7-5-8-20(3)9-6-10-21(4)11-13-25-26-15-22(24-14-12-23(32)17-27(24)33)16-29(35)31(26)30(36)18-28(25)34/h7,9,11-12,14,17-18,22,32-34,36H,5-6,8,10,13,15-16H2,1-4H3/t22-/m0/s1. The molecule has 192 valence electrons. The second-order valence-electron chi connectivity index (χ2n) is 10.2. The number of ketones is 1. The monoisotopic (exact) mass is 490 g/mol. The SMILES string of the molecule is CC(C)=CCCC(C)=CCCC(C)=CCc1c(O)cc(O)c2c1C[C@H](c1ccc(O)cc1O)CC2=O. The minimum Gasteiger partial charge on any atom is -0.508 e. The lowest BCUT2D eigenvalue weighted by atomic mass is 9.76. The number of allylic oxidation sites excluding steroid dienone is 6. The largest absolute Gasteiger partial charge is 0.508 e. The Balaban J connectivity index is 1.77. The Hall–Kier alpha value is -3.47. The second-order valence-corrected chi connectivity index (χ2v) is 10.2. The van der Waals surface area contributed by atoms with Gasteiger partial charge in [0.2, 0.25) is 0 Å². The number of phenols is 4. The van der Waals surface area contributed by atoms with E-state index in [1.807, 2.05) is 0 Å². The summed E-state index contributed by atoms with van der Waals surface area (Å²) in [6.45, 7) is 8.46. The maximum Gasteiger partial charge on any atom is 0.167 e. The van der Waals surface area contributed by atoms with E-state index in [0.717, 1.165) is 25.7 Å². The van der Waals surface area contributed by atoms with Crippen molar-refractivity contribution < 1.29 is 25.2 Å². The molecule has 0 saturated heterocycles.